The van der Waals surface area contributed by atoms with Gasteiger partial charge in [0.2, 0.25) is 5.91 Å². The molecule has 0 aromatic carbocycles. The average Bonchev–Trinajstić information content (AvgIpc) is 2.37. The minimum Gasteiger partial charge on any atom is -0.469 e. The number of carbonyl (C=O) groups excluding carboxylic acids is 2. The first-order chi connectivity index (χ1) is 8.47. The van der Waals surface area contributed by atoms with Gasteiger partial charge in [-0.25, -0.2) is 0 Å². The smallest absolute Gasteiger partial charge is 0.307 e. The second kappa shape index (κ2) is 6.76. The number of esters is 1. The first-order valence-corrected chi connectivity index (χ1v) is 6.84. The molecule has 1 aliphatic rings. The Labute approximate surface area is 110 Å². The zero-order valence-electron chi connectivity index (χ0n) is 11.9. The normalized spacial score (nSPS) is 21.8. The molecule has 0 saturated carbocycles. The van der Waals surface area contributed by atoms with E-state index in [1.165, 1.54) is 7.11 Å². The van der Waals surface area contributed by atoms with Crippen LogP contribution in [0, 0.1) is 11.8 Å². The molecule has 18 heavy (non-hydrogen) atoms. The van der Waals surface area contributed by atoms with Crippen LogP contribution in [0.25, 0.3) is 0 Å². The van der Waals surface area contributed by atoms with Gasteiger partial charge in [0.15, 0.2) is 0 Å². The number of carbonyl (C=O) groups is 2. The van der Waals surface area contributed by atoms with Gasteiger partial charge in [0, 0.05) is 18.5 Å². The molecule has 2 unspecified atom stereocenters. The number of likely N-dealkylation sites (tertiary alicyclic amines) is 1. The maximum absolute atomic E-state index is 12.4. The van der Waals surface area contributed by atoms with Crippen LogP contribution in [0.3, 0.4) is 0 Å². The van der Waals surface area contributed by atoms with Crippen molar-refractivity contribution in [2.75, 3.05) is 13.7 Å². The first-order valence-electron chi connectivity index (χ1n) is 6.84. The molecular weight excluding hydrogens is 230 g/mol. The van der Waals surface area contributed by atoms with E-state index < -0.39 is 0 Å². The van der Waals surface area contributed by atoms with E-state index in [4.69, 9.17) is 4.74 Å². The Balaban J connectivity index is 2.69. The zero-order valence-corrected chi connectivity index (χ0v) is 11.9. The Morgan fingerprint density at radius 3 is 2.50 bits per heavy atom. The molecule has 2 atom stereocenters. The summed E-state index contributed by atoms with van der Waals surface area (Å²) in [6, 6.07) is 0.0277. The van der Waals surface area contributed by atoms with E-state index in [0.29, 0.717) is 12.3 Å². The molecule has 0 aromatic rings. The number of hydrogen-bond donors (Lipinski definition) is 0. The largest absolute Gasteiger partial charge is 0.469 e. The molecule has 1 amide bonds. The Morgan fingerprint density at radius 1 is 1.28 bits per heavy atom. The summed E-state index contributed by atoms with van der Waals surface area (Å²) in [7, 11) is 1.40. The van der Waals surface area contributed by atoms with Crippen molar-refractivity contribution in [1.29, 1.82) is 0 Å². The molecule has 0 radical (unpaired) electrons. The van der Waals surface area contributed by atoms with Gasteiger partial charge in [0.25, 0.3) is 0 Å². The second-order valence-corrected chi connectivity index (χ2v) is 5.49. The highest BCUT2D eigenvalue weighted by atomic mass is 16.5. The summed E-state index contributed by atoms with van der Waals surface area (Å²) < 4.78 is 4.71. The number of nitrogens with zero attached hydrogens (tertiary/aromatic N) is 1. The summed E-state index contributed by atoms with van der Waals surface area (Å²) in [6.07, 6.45) is 3.36. The Kier molecular flexibility index (Phi) is 5.63. The molecule has 4 heteroatoms. The van der Waals surface area contributed by atoms with E-state index in [1.54, 1.807) is 0 Å². The van der Waals surface area contributed by atoms with Gasteiger partial charge >= 0.3 is 5.97 Å². The number of amides is 1. The third kappa shape index (κ3) is 3.72. The maximum Gasteiger partial charge on any atom is 0.307 e. The summed E-state index contributed by atoms with van der Waals surface area (Å²) in [5, 5.41) is 0. The number of piperidine rings is 1. The fraction of sp³-hybridized carbons (Fsp3) is 0.857. The molecule has 0 aliphatic carbocycles. The lowest BCUT2D eigenvalue weighted by atomic mass is 9.92. The SMILES string of the molecule is COC(=O)CC1CCCCN1C(=O)C(C)C(C)C. The van der Waals surface area contributed by atoms with Crippen LogP contribution in [-0.2, 0) is 14.3 Å². The van der Waals surface area contributed by atoms with Crippen LogP contribution in [0.1, 0.15) is 46.5 Å². The minimum atomic E-state index is -0.225. The van der Waals surface area contributed by atoms with Gasteiger partial charge in [0.1, 0.15) is 0 Å². The van der Waals surface area contributed by atoms with Gasteiger partial charge in [0.05, 0.1) is 13.5 Å². The summed E-state index contributed by atoms with van der Waals surface area (Å²) in [6.45, 7) is 6.86. The van der Waals surface area contributed by atoms with E-state index in [9.17, 15) is 9.59 Å². The lowest BCUT2D eigenvalue weighted by Crippen LogP contribution is -2.47. The van der Waals surface area contributed by atoms with Crippen LogP contribution in [0.4, 0.5) is 0 Å². The third-order valence-corrected chi connectivity index (χ3v) is 3.93. The lowest BCUT2D eigenvalue weighted by Gasteiger charge is -2.37. The molecule has 104 valence electrons. The van der Waals surface area contributed by atoms with Crippen molar-refractivity contribution < 1.29 is 14.3 Å². The summed E-state index contributed by atoms with van der Waals surface area (Å²) in [4.78, 5) is 25.7. The number of hydrogen-bond acceptors (Lipinski definition) is 3. The quantitative estimate of drug-likeness (QED) is 0.724. The highest BCUT2D eigenvalue weighted by Gasteiger charge is 2.32. The standard InChI is InChI=1S/C14H25NO3/c1-10(2)11(3)14(17)15-8-6-5-7-12(15)9-13(16)18-4/h10-12H,5-9H2,1-4H3. The number of ether oxygens (including phenoxy) is 1. The fourth-order valence-corrected chi connectivity index (χ4v) is 2.33. The molecular formula is C14H25NO3. The lowest BCUT2D eigenvalue weighted by molar-refractivity contribution is -0.146. The van der Waals surface area contributed by atoms with Crippen LogP contribution in [0.2, 0.25) is 0 Å². The van der Waals surface area contributed by atoms with Crippen LogP contribution in [0.15, 0.2) is 0 Å². The Hall–Kier alpha value is -1.06. The van der Waals surface area contributed by atoms with Crippen LogP contribution < -0.4 is 0 Å². The van der Waals surface area contributed by atoms with Gasteiger partial charge in [-0.15, -0.1) is 0 Å². The van der Waals surface area contributed by atoms with Crippen LogP contribution in [-0.4, -0.2) is 36.5 Å². The monoisotopic (exact) mass is 255 g/mol. The van der Waals surface area contributed by atoms with Gasteiger partial charge in [-0.3, -0.25) is 9.59 Å². The second-order valence-electron chi connectivity index (χ2n) is 5.49. The van der Waals surface area contributed by atoms with Crippen LogP contribution in [0.5, 0.6) is 0 Å². The first kappa shape index (κ1) is 15.0. The van der Waals surface area contributed by atoms with Gasteiger partial charge in [-0.1, -0.05) is 20.8 Å². The molecule has 1 saturated heterocycles. The highest BCUT2D eigenvalue weighted by molar-refractivity contribution is 5.80. The molecule has 1 rings (SSSR count). The molecule has 4 nitrogen and oxygen atoms in total. The van der Waals surface area contributed by atoms with Gasteiger partial charge < -0.3 is 9.64 Å². The van der Waals surface area contributed by atoms with Gasteiger partial charge in [-0.05, 0) is 25.2 Å². The van der Waals surface area contributed by atoms with E-state index in [2.05, 4.69) is 13.8 Å². The third-order valence-electron chi connectivity index (χ3n) is 3.93. The summed E-state index contributed by atoms with van der Waals surface area (Å²) in [5.74, 6) is 0.303. The van der Waals surface area contributed by atoms with Crippen molar-refractivity contribution >= 4 is 11.9 Å². The molecule has 0 N–H and O–H groups in total. The van der Waals surface area contributed by atoms with E-state index in [-0.39, 0.29) is 23.8 Å². The van der Waals surface area contributed by atoms with Crippen molar-refractivity contribution in [2.45, 2.75) is 52.5 Å². The van der Waals surface area contributed by atoms with Crippen molar-refractivity contribution in [2.24, 2.45) is 11.8 Å². The maximum atomic E-state index is 12.4. The Morgan fingerprint density at radius 2 is 1.94 bits per heavy atom. The number of rotatable bonds is 4. The van der Waals surface area contributed by atoms with Crippen molar-refractivity contribution in [3.05, 3.63) is 0 Å². The highest BCUT2D eigenvalue weighted by Crippen LogP contribution is 2.24. The van der Waals surface area contributed by atoms with E-state index >= 15 is 0 Å². The molecule has 1 aliphatic heterocycles. The molecule has 1 fully saturated rings. The molecule has 0 spiro atoms. The fourth-order valence-electron chi connectivity index (χ4n) is 2.33. The van der Waals surface area contributed by atoms with Crippen LogP contribution >= 0.6 is 0 Å². The summed E-state index contributed by atoms with van der Waals surface area (Å²) >= 11 is 0. The predicted molar refractivity (Wildman–Crippen MR) is 70.0 cm³/mol. The summed E-state index contributed by atoms with van der Waals surface area (Å²) in [5.41, 5.74) is 0. The van der Waals surface area contributed by atoms with E-state index in [1.807, 2.05) is 11.8 Å². The number of methoxy groups -OCH3 is 1. The van der Waals surface area contributed by atoms with Crippen molar-refractivity contribution in [3.8, 4) is 0 Å². The molecule has 0 aromatic heterocycles. The van der Waals surface area contributed by atoms with Gasteiger partial charge in [-0.2, -0.15) is 0 Å². The predicted octanol–water partition coefficient (Wildman–Crippen LogP) is 2.22. The minimum absolute atomic E-state index is 0.0169. The Bertz CT molecular complexity index is 301. The van der Waals surface area contributed by atoms with Crippen molar-refractivity contribution in [1.82, 2.24) is 4.90 Å². The zero-order chi connectivity index (χ0) is 13.7. The average molecular weight is 255 g/mol. The molecule has 1 heterocycles. The topological polar surface area (TPSA) is 46.6 Å². The molecule has 0 bridgehead atoms. The van der Waals surface area contributed by atoms with E-state index in [0.717, 1.165) is 25.8 Å². The van der Waals surface area contributed by atoms with Crippen molar-refractivity contribution in [3.63, 3.8) is 0 Å².